The Morgan fingerprint density at radius 1 is 1.15 bits per heavy atom. The van der Waals surface area contributed by atoms with Crippen molar-refractivity contribution in [2.45, 2.75) is 13.5 Å². The lowest BCUT2D eigenvalue weighted by Gasteiger charge is -2.29. The molecule has 1 aliphatic heterocycles. The number of hydrogen-bond donors (Lipinski definition) is 1. The minimum Gasteiger partial charge on any atom is -0.486 e. The summed E-state index contributed by atoms with van der Waals surface area (Å²) in [5.41, 5.74) is 3.94. The van der Waals surface area contributed by atoms with Crippen LogP contribution in [0.4, 0.5) is 15.8 Å². The number of aromatic nitrogens is 2. The van der Waals surface area contributed by atoms with Gasteiger partial charge in [-0.2, -0.15) is 0 Å². The number of carbonyl (C=O) groups excluding carboxylic acids is 1. The van der Waals surface area contributed by atoms with E-state index < -0.39 is 0 Å². The van der Waals surface area contributed by atoms with Crippen LogP contribution >= 0.6 is 0 Å². The van der Waals surface area contributed by atoms with Gasteiger partial charge in [0.25, 0.3) is 5.91 Å². The number of ether oxygens (including phenoxy) is 2. The third-order valence-electron chi connectivity index (χ3n) is 5.79. The molecule has 8 heteroatoms. The summed E-state index contributed by atoms with van der Waals surface area (Å²) in [6.07, 6.45) is 3.84. The van der Waals surface area contributed by atoms with Crippen LogP contribution in [0.2, 0.25) is 0 Å². The molecule has 1 amide bonds. The van der Waals surface area contributed by atoms with Gasteiger partial charge in [-0.05, 0) is 48.9 Å². The number of para-hydroxylation sites is 1. The molecule has 0 aliphatic carbocycles. The van der Waals surface area contributed by atoms with Gasteiger partial charge >= 0.3 is 0 Å². The van der Waals surface area contributed by atoms with Crippen LogP contribution in [0.15, 0.2) is 67.0 Å². The minimum atomic E-state index is -0.383. The predicted octanol–water partition coefficient (Wildman–Crippen LogP) is 4.45. The number of imidazole rings is 1. The number of hydrogen-bond acceptors (Lipinski definition) is 5. The zero-order chi connectivity index (χ0) is 23.5. The van der Waals surface area contributed by atoms with Crippen molar-refractivity contribution in [1.29, 1.82) is 0 Å². The number of morpholine rings is 1. The summed E-state index contributed by atoms with van der Waals surface area (Å²) in [6, 6.07) is 15.7. The topological polar surface area (TPSA) is 68.1 Å². The van der Waals surface area contributed by atoms with Crippen LogP contribution < -0.4 is 15.0 Å². The molecule has 0 spiro atoms. The average molecular weight is 461 g/mol. The Morgan fingerprint density at radius 3 is 2.76 bits per heavy atom. The van der Waals surface area contributed by atoms with E-state index in [1.165, 1.54) is 6.07 Å². The van der Waals surface area contributed by atoms with E-state index >= 15 is 0 Å². The molecule has 5 rings (SSSR count). The number of benzene rings is 2. The van der Waals surface area contributed by atoms with Gasteiger partial charge in [0.15, 0.2) is 0 Å². The van der Waals surface area contributed by atoms with Crippen LogP contribution in [0.1, 0.15) is 21.6 Å². The molecule has 1 aliphatic rings. The number of rotatable bonds is 6. The van der Waals surface area contributed by atoms with Crippen molar-refractivity contribution in [2.75, 3.05) is 36.5 Å². The molecule has 0 atom stereocenters. The highest BCUT2D eigenvalue weighted by Crippen LogP contribution is 2.26. The number of fused-ring (bicyclic) bond motifs is 1. The molecule has 3 heterocycles. The number of halogens is 1. The highest BCUT2D eigenvalue weighted by molar-refractivity contribution is 6.06. The zero-order valence-electron chi connectivity index (χ0n) is 18.8. The van der Waals surface area contributed by atoms with E-state index in [0.717, 1.165) is 16.9 Å². The summed E-state index contributed by atoms with van der Waals surface area (Å²) in [7, 11) is 0. The maximum Gasteiger partial charge on any atom is 0.259 e. The van der Waals surface area contributed by atoms with Gasteiger partial charge in [0, 0.05) is 31.2 Å². The van der Waals surface area contributed by atoms with E-state index in [1.807, 2.05) is 40.8 Å². The fraction of sp³-hybridized carbons (Fsp3) is 0.231. The molecule has 1 N–H and O–H groups in total. The first kappa shape index (κ1) is 21.9. The monoisotopic (exact) mass is 460 g/mol. The Kier molecular flexibility index (Phi) is 6.14. The summed E-state index contributed by atoms with van der Waals surface area (Å²) in [6.45, 7) is 4.64. The standard InChI is InChI=1S/C26H25FN4O3/c1-18-5-4-10-31-16-20(28-25(18)31)17-34-24-7-3-2-6-21(24)26(32)29-19-8-9-23(22(27)15-19)30-11-13-33-14-12-30/h2-10,15-16H,11-14,17H2,1H3,(H,29,32). The lowest BCUT2D eigenvalue weighted by Crippen LogP contribution is -2.36. The quantitative estimate of drug-likeness (QED) is 0.461. The molecule has 0 radical (unpaired) electrons. The van der Waals surface area contributed by atoms with Gasteiger partial charge in [0.1, 0.15) is 23.8 Å². The Labute approximate surface area is 196 Å². The maximum atomic E-state index is 14.7. The van der Waals surface area contributed by atoms with E-state index in [0.29, 0.717) is 49.0 Å². The van der Waals surface area contributed by atoms with Crippen molar-refractivity contribution in [1.82, 2.24) is 9.38 Å². The number of carbonyl (C=O) groups is 1. The van der Waals surface area contributed by atoms with Crippen molar-refractivity contribution in [3.8, 4) is 5.75 Å². The molecule has 7 nitrogen and oxygen atoms in total. The fourth-order valence-corrected chi connectivity index (χ4v) is 4.05. The molecule has 0 saturated carbocycles. The first-order valence-corrected chi connectivity index (χ1v) is 11.2. The van der Waals surface area contributed by atoms with Gasteiger partial charge in [-0.25, -0.2) is 9.37 Å². The molecule has 0 unspecified atom stereocenters. The lowest BCUT2D eigenvalue weighted by atomic mass is 10.1. The Morgan fingerprint density at radius 2 is 1.97 bits per heavy atom. The third kappa shape index (κ3) is 4.58. The molecule has 2 aromatic carbocycles. The third-order valence-corrected chi connectivity index (χ3v) is 5.79. The lowest BCUT2D eigenvalue weighted by molar-refractivity contribution is 0.102. The van der Waals surface area contributed by atoms with E-state index in [4.69, 9.17) is 9.47 Å². The summed E-state index contributed by atoms with van der Waals surface area (Å²) in [5.74, 6) is -0.328. The fourth-order valence-electron chi connectivity index (χ4n) is 4.05. The van der Waals surface area contributed by atoms with Crippen LogP contribution in [0, 0.1) is 12.7 Å². The van der Waals surface area contributed by atoms with Crippen molar-refractivity contribution in [3.63, 3.8) is 0 Å². The maximum absolute atomic E-state index is 14.7. The minimum absolute atomic E-state index is 0.217. The van der Waals surface area contributed by atoms with E-state index in [1.54, 1.807) is 36.4 Å². The zero-order valence-corrected chi connectivity index (χ0v) is 18.8. The Hall–Kier alpha value is -3.91. The van der Waals surface area contributed by atoms with Crippen molar-refractivity contribution in [2.24, 2.45) is 0 Å². The van der Waals surface area contributed by atoms with Gasteiger partial charge < -0.3 is 24.1 Å². The van der Waals surface area contributed by atoms with Crippen molar-refractivity contribution >= 4 is 22.9 Å². The Bertz CT molecular complexity index is 1330. The molecule has 174 valence electrons. The van der Waals surface area contributed by atoms with E-state index in [-0.39, 0.29) is 18.3 Å². The highest BCUT2D eigenvalue weighted by atomic mass is 19.1. The number of nitrogens with one attached hydrogen (secondary N) is 1. The van der Waals surface area contributed by atoms with E-state index in [2.05, 4.69) is 10.3 Å². The van der Waals surface area contributed by atoms with Crippen molar-refractivity contribution in [3.05, 3.63) is 89.6 Å². The number of amides is 1. The van der Waals surface area contributed by atoms with Gasteiger partial charge in [-0.3, -0.25) is 4.79 Å². The molecule has 0 bridgehead atoms. The average Bonchev–Trinajstić information content (AvgIpc) is 3.28. The summed E-state index contributed by atoms with van der Waals surface area (Å²) in [4.78, 5) is 19.5. The first-order valence-electron chi connectivity index (χ1n) is 11.2. The van der Waals surface area contributed by atoms with Gasteiger partial charge in [0.2, 0.25) is 0 Å². The summed E-state index contributed by atoms with van der Waals surface area (Å²) < 4.78 is 27.9. The number of anilines is 2. The molecule has 2 aromatic heterocycles. The van der Waals surface area contributed by atoms with E-state index in [9.17, 15) is 9.18 Å². The normalized spacial score (nSPS) is 13.8. The van der Waals surface area contributed by atoms with Crippen LogP contribution in [0.25, 0.3) is 5.65 Å². The predicted molar refractivity (Wildman–Crippen MR) is 128 cm³/mol. The number of nitrogens with zero attached hydrogens (tertiary/aromatic N) is 3. The van der Waals surface area contributed by atoms with Gasteiger partial charge in [-0.1, -0.05) is 18.2 Å². The van der Waals surface area contributed by atoms with Gasteiger partial charge in [0.05, 0.1) is 30.2 Å². The Balaban J connectivity index is 1.29. The number of pyridine rings is 1. The second-order valence-corrected chi connectivity index (χ2v) is 8.16. The molecule has 1 fully saturated rings. The molecule has 34 heavy (non-hydrogen) atoms. The first-order chi connectivity index (χ1) is 16.6. The highest BCUT2D eigenvalue weighted by Gasteiger charge is 2.17. The second-order valence-electron chi connectivity index (χ2n) is 8.16. The summed E-state index contributed by atoms with van der Waals surface area (Å²) in [5, 5.41) is 2.77. The summed E-state index contributed by atoms with van der Waals surface area (Å²) >= 11 is 0. The SMILES string of the molecule is Cc1cccn2cc(COc3ccccc3C(=O)Nc3ccc(N4CCOCC4)c(F)c3)nc12. The second kappa shape index (κ2) is 9.52. The van der Waals surface area contributed by atoms with Crippen LogP contribution in [0.3, 0.4) is 0 Å². The molecular weight excluding hydrogens is 435 g/mol. The van der Waals surface area contributed by atoms with Crippen molar-refractivity contribution < 1.29 is 18.7 Å². The van der Waals surface area contributed by atoms with Crippen LogP contribution in [0.5, 0.6) is 5.75 Å². The molecule has 4 aromatic rings. The largest absolute Gasteiger partial charge is 0.486 e. The smallest absolute Gasteiger partial charge is 0.259 e. The number of aryl methyl sites for hydroxylation is 1. The van der Waals surface area contributed by atoms with Gasteiger partial charge in [-0.15, -0.1) is 0 Å². The molecular formula is C26H25FN4O3. The van der Waals surface area contributed by atoms with Crippen LogP contribution in [-0.2, 0) is 11.3 Å². The molecule has 1 saturated heterocycles. The van der Waals surface area contributed by atoms with Crippen LogP contribution in [-0.4, -0.2) is 41.6 Å².